The first-order chi connectivity index (χ1) is 17.4. The van der Waals surface area contributed by atoms with Crippen LogP contribution in [0.1, 0.15) is 24.0 Å². The van der Waals surface area contributed by atoms with E-state index in [-0.39, 0.29) is 36.7 Å². The van der Waals surface area contributed by atoms with E-state index in [4.69, 9.17) is 4.74 Å². The standard InChI is InChI=1S/C22H24F6N6O3/c23-21(24,25)14-10-30-20(31-11-14)33-6-4-32(5-7-33)18(35)2-8-37-16-1-3-34(13-16)15-9-17(22(26,27)28)19(36)29-12-15/h9-12,16H,1-8,13H2,(H,29,36). The van der Waals surface area contributed by atoms with Crippen LogP contribution in [0.15, 0.2) is 29.5 Å². The van der Waals surface area contributed by atoms with Gasteiger partial charge >= 0.3 is 12.4 Å². The van der Waals surface area contributed by atoms with Crippen LogP contribution in [0.25, 0.3) is 0 Å². The number of aromatic nitrogens is 3. The van der Waals surface area contributed by atoms with Gasteiger partial charge in [0, 0.05) is 57.9 Å². The van der Waals surface area contributed by atoms with Gasteiger partial charge < -0.3 is 24.4 Å². The van der Waals surface area contributed by atoms with Gasteiger partial charge in [-0.15, -0.1) is 0 Å². The van der Waals surface area contributed by atoms with Crippen molar-refractivity contribution in [1.29, 1.82) is 0 Å². The predicted octanol–water partition coefficient (Wildman–Crippen LogP) is 2.54. The maximum absolute atomic E-state index is 13.0. The second-order valence-corrected chi connectivity index (χ2v) is 8.71. The molecule has 4 heterocycles. The topological polar surface area (TPSA) is 94.7 Å². The number of nitrogens with one attached hydrogen (secondary N) is 1. The van der Waals surface area contributed by atoms with E-state index in [1.165, 1.54) is 6.20 Å². The van der Waals surface area contributed by atoms with Gasteiger partial charge in [-0.2, -0.15) is 26.3 Å². The molecule has 2 aliphatic heterocycles. The highest BCUT2D eigenvalue weighted by atomic mass is 19.4. The summed E-state index contributed by atoms with van der Waals surface area (Å²) >= 11 is 0. The summed E-state index contributed by atoms with van der Waals surface area (Å²) < 4.78 is 82.8. The molecule has 9 nitrogen and oxygen atoms in total. The molecule has 2 aromatic heterocycles. The minimum Gasteiger partial charge on any atom is -0.376 e. The Morgan fingerprint density at radius 2 is 1.68 bits per heavy atom. The van der Waals surface area contributed by atoms with Gasteiger partial charge in [0.05, 0.1) is 30.4 Å². The van der Waals surface area contributed by atoms with Gasteiger partial charge in [0.1, 0.15) is 5.56 Å². The van der Waals surface area contributed by atoms with Crippen LogP contribution < -0.4 is 15.4 Å². The van der Waals surface area contributed by atoms with Crippen molar-refractivity contribution in [2.75, 3.05) is 55.7 Å². The lowest BCUT2D eigenvalue weighted by atomic mass is 10.2. The summed E-state index contributed by atoms with van der Waals surface area (Å²) in [6.07, 6.45) is -6.18. The molecule has 2 aliphatic rings. The average Bonchev–Trinajstić information content (AvgIpc) is 3.32. The Labute approximate surface area is 207 Å². The molecule has 2 fully saturated rings. The zero-order valence-electron chi connectivity index (χ0n) is 19.5. The number of amides is 1. The highest BCUT2D eigenvalue weighted by molar-refractivity contribution is 5.76. The second kappa shape index (κ2) is 10.6. The van der Waals surface area contributed by atoms with Crippen molar-refractivity contribution in [1.82, 2.24) is 19.9 Å². The molecule has 15 heteroatoms. The van der Waals surface area contributed by atoms with Gasteiger partial charge in [-0.05, 0) is 12.5 Å². The van der Waals surface area contributed by atoms with Crippen LogP contribution in [0, 0.1) is 0 Å². The molecule has 1 amide bonds. The van der Waals surface area contributed by atoms with Gasteiger partial charge in [0.15, 0.2) is 0 Å². The number of H-pyrrole nitrogens is 1. The normalized spacial score (nSPS) is 19.0. The van der Waals surface area contributed by atoms with E-state index in [2.05, 4.69) is 15.0 Å². The average molecular weight is 534 g/mol. The number of nitrogens with zero attached hydrogens (tertiary/aromatic N) is 5. The Kier molecular flexibility index (Phi) is 7.62. The molecule has 0 aromatic carbocycles. The van der Waals surface area contributed by atoms with E-state index < -0.39 is 29.0 Å². The number of hydrogen-bond donors (Lipinski definition) is 1. The Bertz CT molecular complexity index is 1150. The van der Waals surface area contributed by atoms with Crippen molar-refractivity contribution in [2.45, 2.75) is 31.3 Å². The smallest absolute Gasteiger partial charge is 0.376 e. The summed E-state index contributed by atoms with van der Waals surface area (Å²) in [4.78, 5) is 38.7. The molecule has 4 rings (SSSR count). The van der Waals surface area contributed by atoms with E-state index in [1.807, 2.05) is 0 Å². The van der Waals surface area contributed by atoms with Crippen molar-refractivity contribution >= 4 is 17.5 Å². The van der Waals surface area contributed by atoms with E-state index in [0.717, 1.165) is 18.5 Å². The summed E-state index contributed by atoms with van der Waals surface area (Å²) in [5, 5.41) is 0. The molecule has 202 valence electrons. The fraction of sp³-hybridized carbons (Fsp3) is 0.545. The number of carbonyl (C=O) groups is 1. The number of carbonyl (C=O) groups excluding carboxylic acids is 1. The summed E-state index contributed by atoms with van der Waals surface area (Å²) in [5.74, 6) is 0.0253. The third-order valence-corrected chi connectivity index (χ3v) is 6.25. The largest absolute Gasteiger partial charge is 0.421 e. The number of anilines is 2. The third kappa shape index (κ3) is 6.50. The van der Waals surface area contributed by atoms with E-state index in [9.17, 15) is 35.9 Å². The van der Waals surface area contributed by atoms with Crippen LogP contribution in [-0.4, -0.2) is 77.7 Å². The van der Waals surface area contributed by atoms with Crippen LogP contribution in [0.3, 0.4) is 0 Å². The monoisotopic (exact) mass is 534 g/mol. The fourth-order valence-electron chi connectivity index (χ4n) is 4.22. The Morgan fingerprint density at radius 1 is 1.00 bits per heavy atom. The Hall–Kier alpha value is -3.36. The number of halogens is 6. The van der Waals surface area contributed by atoms with Crippen molar-refractivity contribution in [3.05, 3.63) is 46.1 Å². The van der Waals surface area contributed by atoms with Crippen molar-refractivity contribution in [3.8, 4) is 0 Å². The van der Waals surface area contributed by atoms with E-state index >= 15 is 0 Å². The first kappa shape index (κ1) is 26.7. The zero-order valence-corrected chi connectivity index (χ0v) is 19.5. The molecule has 1 N–H and O–H groups in total. The number of pyridine rings is 1. The molecule has 0 aliphatic carbocycles. The molecule has 2 saturated heterocycles. The quantitative estimate of drug-likeness (QED) is 0.570. The lowest BCUT2D eigenvalue weighted by Gasteiger charge is -2.34. The second-order valence-electron chi connectivity index (χ2n) is 8.71. The first-order valence-corrected chi connectivity index (χ1v) is 11.5. The van der Waals surface area contributed by atoms with Gasteiger partial charge in [-0.25, -0.2) is 9.97 Å². The lowest BCUT2D eigenvalue weighted by Crippen LogP contribution is -2.49. The van der Waals surface area contributed by atoms with Gasteiger partial charge in [-0.3, -0.25) is 9.59 Å². The first-order valence-electron chi connectivity index (χ1n) is 11.5. The molecule has 1 atom stereocenters. The van der Waals surface area contributed by atoms with E-state index in [0.29, 0.717) is 45.7 Å². The van der Waals surface area contributed by atoms with Crippen LogP contribution in [0.4, 0.5) is 38.0 Å². The highest BCUT2D eigenvalue weighted by Crippen LogP contribution is 2.30. The molecule has 0 spiro atoms. The lowest BCUT2D eigenvalue weighted by molar-refractivity contribution is -0.139. The van der Waals surface area contributed by atoms with Gasteiger partial charge in [0.2, 0.25) is 11.9 Å². The Morgan fingerprint density at radius 3 is 2.30 bits per heavy atom. The molecule has 1 unspecified atom stereocenters. The molecular weight excluding hydrogens is 510 g/mol. The Balaban J connectivity index is 1.20. The summed E-state index contributed by atoms with van der Waals surface area (Å²) in [7, 11) is 0. The van der Waals surface area contributed by atoms with Crippen molar-refractivity contribution in [2.24, 2.45) is 0 Å². The summed E-state index contributed by atoms with van der Waals surface area (Å²) in [6, 6.07) is 0.820. The minimum absolute atomic E-state index is 0.115. The summed E-state index contributed by atoms with van der Waals surface area (Å²) in [6.45, 7) is 2.35. The molecule has 0 radical (unpaired) electrons. The van der Waals surface area contributed by atoms with Crippen LogP contribution in [-0.2, 0) is 21.9 Å². The molecular formula is C22H24F6N6O3. The molecule has 0 bridgehead atoms. The van der Waals surface area contributed by atoms with Crippen LogP contribution >= 0.6 is 0 Å². The van der Waals surface area contributed by atoms with Crippen LogP contribution in [0.2, 0.25) is 0 Å². The van der Waals surface area contributed by atoms with Crippen molar-refractivity contribution in [3.63, 3.8) is 0 Å². The number of ether oxygens (including phenoxy) is 1. The number of aromatic amines is 1. The molecule has 37 heavy (non-hydrogen) atoms. The highest BCUT2D eigenvalue weighted by Gasteiger charge is 2.35. The van der Waals surface area contributed by atoms with Crippen LogP contribution in [0.5, 0.6) is 0 Å². The number of piperazine rings is 1. The SMILES string of the molecule is O=C(CCOC1CCN(c2c[nH]c(=O)c(C(F)(F)F)c2)C1)N1CCN(c2ncc(C(F)(F)F)cn2)CC1. The van der Waals surface area contributed by atoms with Gasteiger partial charge in [-0.1, -0.05) is 0 Å². The molecule has 2 aromatic rings. The number of rotatable bonds is 6. The maximum atomic E-state index is 13.0. The fourth-order valence-corrected chi connectivity index (χ4v) is 4.22. The maximum Gasteiger partial charge on any atom is 0.421 e. The predicted molar refractivity (Wildman–Crippen MR) is 119 cm³/mol. The number of alkyl halides is 6. The van der Waals surface area contributed by atoms with Gasteiger partial charge in [0.25, 0.3) is 5.56 Å². The van der Waals surface area contributed by atoms with E-state index in [1.54, 1.807) is 14.7 Å². The minimum atomic E-state index is -4.75. The third-order valence-electron chi connectivity index (χ3n) is 6.25. The summed E-state index contributed by atoms with van der Waals surface area (Å²) in [5.41, 5.74) is -3.15. The number of hydrogen-bond acceptors (Lipinski definition) is 7. The molecule has 0 saturated carbocycles. The van der Waals surface area contributed by atoms with Crippen molar-refractivity contribution < 1.29 is 35.9 Å². The zero-order chi connectivity index (χ0) is 26.8.